The fourth-order valence-electron chi connectivity index (χ4n) is 6.65. The first-order valence-electron chi connectivity index (χ1n) is 16.3. The smallest absolute Gasteiger partial charge is 0.278 e. The van der Waals surface area contributed by atoms with Gasteiger partial charge in [-0.3, -0.25) is 25.1 Å². The summed E-state index contributed by atoms with van der Waals surface area (Å²) in [5, 5.41) is 9.85. The van der Waals surface area contributed by atoms with Crippen molar-refractivity contribution in [3.05, 3.63) is 73.6 Å². The van der Waals surface area contributed by atoms with Crippen LogP contribution >= 0.6 is 11.6 Å². The SMILES string of the molecule is C1CCNNC1.Cc1cc(C2CC2)cc(C)c1-c1c(O)n2n(c1=O)CCCC2.Cc1cc(C2CC2)cc(C)c1C(=C=O)C(=O)Cl. The number of rotatable bonds is 5. The summed E-state index contributed by atoms with van der Waals surface area (Å²) in [6.45, 7) is 11.6. The van der Waals surface area contributed by atoms with Gasteiger partial charge >= 0.3 is 0 Å². The van der Waals surface area contributed by atoms with Gasteiger partial charge in [0.05, 0.1) is 0 Å². The number of halogens is 1. The zero-order valence-corrected chi connectivity index (χ0v) is 27.6. The topological polar surface area (TPSA) is 105 Å². The van der Waals surface area contributed by atoms with Crippen LogP contribution in [0.3, 0.4) is 0 Å². The molecule has 2 aromatic carbocycles. The monoisotopic (exact) mass is 632 g/mol. The van der Waals surface area contributed by atoms with Crippen molar-refractivity contribution in [3.8, 4) is 17.0 Å². The Labute approximate surface area is 270 Å². The van der Waals surface area contributed by atoms with Crippen molar-refractivity contribution in [1.82, 2.24) is 20.2 Å². The minimum Gasteiger partial charge on any atom is -0.493 e. The highest BCUT2D eigenvalue weighted by Crippen LogP contribution is 2.43. The summed E-state index contributed by atoms with van der Waals surface area (Å²) in [7, 11) is 0. The van der Waals surface area contributed by atoms with Gasteiger partial charge < -0.3 is 5.11 Å². The zero-order valence-electron chi connectivity index (χ0n) is 26.9. The second-order valence-electron chi connectivity index (χ2n) is 12.9. The Morgan fingerprint density at radius 1 is 0.778 bits per heavy atom. The largest absolute Gasteiger partial charge is 0.493 e. The molecule has 0 radical (unpaired) electrons. The van der Waals surface area contributed by atoms with Crippen LogP contribution < -0.4 is 16.4 Å². The zero-order chi connectivity index (χ0) is 32.2. The molecule has 3 N–H and O–H groups in total. The van der Waals surface area contributed by atoms with Gasteiger partial charge in [0, 0.05) is 31.7 Å². The Kier molecular flexibility index (Phi) is 10.5. The molecule has 9 heteroatoms. The third-order valence-electron chi connectivity index (χ3n) is 9.18. The lowest BCUT2D eigenvalue weighted by atomic mass is 9.93. The summed E-state index contributed by atoms with van der Waals surface area (Å²) in [5.41, 5.74) is 14.7. The van der Waals surface area contributed by atoms with Crippen LogP contribution in [0.25, 0.3) is 16.7 Å². The fourth-order valence-corrected chi connectivity index (χ4v) is 6.78. The van der Waals surface area contributed by atoms with Crippen LogP contribution in [-0.4, -0.2) is 38.7 Å². The van der Waals surface area contributed by atoms with Gasteiger partial charge in [-0.1, -0.05) is 24.3 Å². The van der Waals surface area contributed by atoms with Crippen LogP contribution in [0.1, 0.15) is 102 Å². The maximum atomic E-state index is 12.8. The molecule has 0 bridgehead atoms. The van der Waals surface area contributed by atoms with E-state index in [1.807, 2.05) is 26.0 Å². The van der Waals surface area contributed by atoms with Crippen molar-refractivity contribution in [2.45, 2.75) is 104 Å². The molecule has 0 atom stereocenters. The molecule has 7 rings (SSSR count). The van der Waals surface area contributed by atoms with E-state index in [1.165, 1.54) is 49.7 Å². The average Bonchev–Trinajstić information content (AvgIpc) is 3.95. The van der Waals surface area contributed by atoms with Crippen LogP contribution in [0.15, 0.2) is 29.1 Å². The molecule has 2 aliphatic carbocycles. The molecule has 2 aliphatic heterocycles. The Balaban J connectivity index is 0.000000154. The van der Waals surface area contributed by atoms with Gasteiger partial charge in [0.1, 0.15) is 17.1 Å². The van der Waals surface area contributed by atoms with Gasteiger partial charge in [0.15, 0.2) is 0 Å². The molecule has 0 unspecified atom stereocenters. The number of benzene rings is 2. The van der Waals surface area contributed by atoms with E-state index in [9.17, 15) is 19.5 Å². The number of fused-ring (bicyclic) bond motifs is 1. The number of hydrogen-bond acceptors (Lipinski definition) is 6. The number of nitrogens with zero attached hydrogens (tertiary/aromatic N) is 2. The van der Waals surface area contributed by atoms with Gasteiger partial charge in [-0.05, 0) is 141 Å². The lowest BCUT2D eigenvalue weighted by Gasteiger charge is -2.16. The van der Waals surface area contributed by atoms with Crippen LogP contribution in [-0.2, 0) is 22.7 Å². The molecule has 45 heavy (non-hydrogen) atoms. The molecule has 0 spiro atoms. The molecule has 3 aromatic rings. The Bertz CT molecular complexity index is 1630. The van der Waals surface area contributed by atoms with Gasteiger partial charge in [0.25, 0.3) is 10.8 Å². The number of carbonyl (C=O) groups is 1. The minimum absolute atomic E-state index is 0.0532. The maximum Gasteiger partial charge on any atom is 0.278 e. The van der Waals surface area contributed by atoms with E-state index in [-0.39, 0.29) is 17.0 Å². The van der Waals surface area contributed by atoms with Crippen molar-refractivity contribution < 1.29 is 14.7 Å². The van der Waals surface area contributed by atoms with Gasteiger partial charge in [-0.25, -0.2) is 9.48 Å². The van der Waals surface area contributed by atoms with Gasteiger partial charge in [-0.15, -0.1) is 0 Å². The maximum absolute atomic E-state index is 12.8. The van der Waals surface area contributed by atoms with Crippen LogP contribution in [0.4, 0.5) is 0 Å². The van der Waals surface area contributed by atoms with E-state index in [0.29, 0.717) is 29.5 Å². The van der Waals surface area contributed by atoms with Gasteiger partial charge in [0.2, 0.25) is 5.88 Å². The predicted octanol–water partition coefficient (Wildman–Crippen LogP) is 6.35. The highest BCUT2D eigenvalue weighted by molar-refractivity contribution is 6.75. The van der Waals surface area contributed by atoms with Crippen LogP contribution in [0, 0.1) is 27.7 Å². The van der Waals surface area contributed by atoms with E-state index < -0.39 is 5.24 Å². The molecule has 240 valence electrons. The van der Waals surface area contributed by atoms with Crippen molar-refractivity contribution in [1.29, 1.82) is 0 Å². The lowest BCUT2D eigenvalue weighted by Crippen LogP contribution is -2.37. The van der Waals surface area contributed by atoms with E-state index in [2.05, 4.69) is 36.8 Å². The predicted molar refractivity (Wildman–Crippen MR) is 180 cm³/mol. The summed E-state index contributed by atoms with van der Waals surface area (Å²) in [4.78, 5) is 34.7. The van der Waals surface area contributed by atoms with E-state index in [0.717, 1.165) is 60.3 Å². The van der Waals surface area contributed by atoms with Crippen molar-refractivity contribution in [2.24, 2.45) is 0 Å². The van der Waals surface area contributed by atoms with Crippen LogP contribution in [0.2, 0.25) is 0 Å². The van der Waals surface area contributed by atoms with Crippen molar-refractivity contribution >= 4 is 28.4 Å². The molecular weight excluding hydrogens is 588 g/mol. The minimum atomic E-state index is -0.745. The Hall–Kier alpha value is -3.42. The van der Waals surface area contributed by atoms with Crippen LogP contribution in [0.5, 0.6) is 5.88 Å². The second-order valence-corrected chi connectivity index (χ2v) is 13.2. The summed E-state index contributed by atoms with van der Waals surface area (Å²) in [6.07, 6.45) is 9.66. The summed E-state index contributed by atoms with van der Waals surface area (Å²) in [5.74, 6) is 3.13. The molecule has 2 saturated carbocycles. The number of hydrogen-bond donors (Lipinski definition) is 3. The molecule has 8 nitrogen and oxygen atoms in total. The number of carbonyl (C=O) groups excluding carboxylic acids is 2. The Morgan fingerprint density at radius 2 is 1.24 bits per heavy atom. The first-order valence-corrected chi connectivity index (χ1v) is 16.7. The number of hydrazine groups is 1. The van der Waals surface area contributed by atoms with E-state index in [1.54, 1.807) is 15.3 Å². The molecular formula is C36H45ClN4O4. The molecule has 4 aliphatic rings. The number of aryl methyl sites for hydroxylation is 4. The molecule has 3 heterocycles. The van der Waals surface area contributed by atoms with Crippen molar-refractivity contribution in [3.63, 3.8) is 0 Å². The third-order valence-corrected chi connectivity index (χ3v) is 9.37. The Morgan fingerprint density at radius 3 is 1.62 bits per heavy atom. The quantitative estimate of drug-likeness (QED) is 0.172. The fraction of sp³-hybridized carbons (Fsp3) is 0.500. The average molecular weight is 633 g/mol. The number of aromatic hydroxyl groups is 1. The van der Waals surface area contributed by atoms with E-state index >= 15 is 0 Å². The molecule has 0 amide bonds. The number of allylic oxidation sites excluding steroid dienone is 1. The molecule has 1 aromatic heterocycles. The van der Waals surface area contributed by atoms with Crippen molar-refractivity contribution in [2.75, 3.05) is 13.1 Å². The highest BCUT2D eigenvalue weighted by Gasteiger charge is 2.28. The lowest BCUT2D eigenvalue weighted by molar-refractivity contribution is -0.106. The molecule has 1 saturated heterocycles. The van der Waals surface area contributed by atoms with Gasteiger partial charge in [-0.2, -0.15) is 0 Å². The summed E-state index contributed by atoms with van der Waals surface area (Å²) < 4.78 is 3.44. The normalized spacial score (nSPS) is 17.2. The number of nitrogens with one attached hydrogen (secondary N) is 2. The second kappa shape index (κ2) is 14.3. The highest BCUT2D eigenvalue weighted by atomic mass is 35.5. The standard InChI is InChI=1S/C18H22N2O2.C14H13ClO2.C4H10N2/c1-11-9-14(13-5-6-13)10-12(2)15(11)16-17(21)19-7-3-4-8-20(19)18(16)22;1-8-5-11(10-3-4-10)6-9(2)13(8)12(7-16)14(15)17;1-2-4-6-5-3-1/h9-10,13,21H,3-8H2,1-2H3;5-6,10H,3-4H2,1-2H3;5-6H,1-4H2. The summed E-state index contributed by atoms with van der Waals surface area (Å²) >= 11 is 5.40. The first-order chi connectivity index (χ1) is 21.6. The summed E-state index contributed by atoms with van der Waals surface area (Å²) in [6, 6.07) is 8.47. The van der Waals surface area contributed by atoms with E-state index in [4.69, 9.17) is 11.6 Å². The molecule has 3 fully saturated rings. The first kappa shape index (κ1) is 33.0. The number of aromatic nitrogens is 2. The third kappa shape index (κ3) is 7.53.